The standard InChI is InChI=1S/C37H28BrNSi/c38-35-22-12-10-14-28(35)27-39(29-15-4-1-5-16-29)30-24-25-34-33-21-11-13-23-36(33)40(37(34)26-30,31-17-6-2-7-18-31)32-19-8-3-9-20-32/h1-26H,27H2. The van der Waals surface area contributed by atoms with Crippen LogP contribution in [0.15, 0.2) is 162 Å². The smallest absolute Gasteiger partial charge is 0.180 e. The van der Waals surface area contributed by atoms with Crippen molar-refractivity contribution in [3.8, 4) is 11.1 Å². The molecule has 0 amide bonds. The van der Waals surface area contributed by atoms with Gasteiger partial charge in [-0.25, -0.2) is 0 Å². The molecule has 1 nitrogen and oxygen atoms in total. The van der Waals surface area contributed by atoms with E-state index >= 15 is 0 Å². The Balaban J connectivity index is 1.50. The summed E-state index contributed by atoms with van der Waals surface area (Å²) in [6.45, 7) is 0.766. The first-order valence-electron chi connectivity index (χ1n) is 13.7. The summed E-state index contributed by atoms with van der Waals surface area (Å²) in [7, 11) is -2.54. The molecule has 0 aliphatic carbocycles. The van der Waals surface area contributed by atoms with Crippen LogP contribution >= 0.6 is 15.9 Å². The van der Waals surface area contributed by atoms with Crippen molar-refractivity contribution >= 4 is 56.1 Å². The lowest BCUT2D eigenvalue weighted by atomic mass is 10.0. The summed E-state index contributed by atoms with van der Waals surface area (Å²) in [6.07, 6.45) is 0. The van der Waals surface area contributed by atoms with Crippen molar-refractivity contribution in [2.24, 2.45) is 0 Å². The predicted molar refractivity (Wildman–Crippen MR) is 175 cm³/mol. The molecule has 3 heteroatoms. The van der Waals surface area contributed by atoms with E-state index in [0.717, 1.165) is 11.0 Å². The molecule has 0 radical (unpaired) electrons. The predicted octanol–water partition coefficient (Wildman–Crippen LogP) is 7.15. The van der Waals surface area contributed by atoms with E-state index in [2.05, 4.69) is 179 Å². The van der Waals surface area contributed by atoms with E-state index in [-0.39, 0.29) is 0 Å². The van der Waals surface area contributed by atoms with Crippen molar-refractivity contribution in [2.75, 3.05) is 4.90 Å². The number of nitrogens with zero attached hydrogens (tertiary/aromatic N) is 1. The van der Waals surface area contributed by atoms with Crippen LogP contribution in [0.5, 0.6) is 0 Å². The maximum Gasteiger partial charge on any atom is 0.180 e. The molecule has 192 valence electrons. The number of benzene rings is 6. The highest BCUT2D eigenvalue weighted by atomic mass is 79.9. The Morgan fingerprint density at radius 2 is 1.02 bits per heavy atom. The number of hydrogen-bond donors (Lipinski definition) is 0. The van der Waals surface area contributed by atoms with Crippen LogP contribution in [0.1, 0.15) is 5.56 Å². The van der Waals surface area contributed by atoms with Gasteiger partial charge in [-0.2, -0.15) is 0 Å². The third-order valence-electron chi connectivity index (χ3n) is 8.11. The van der Waals surface area contributed by atoms with Gasteiger partial charge >= 0.3 is 0 Å². The molecule has 0 fully saturated rings. The minimum atomic E-state index is -2.54. The number of rotatable bonds is 6. The van der Waals surface area contributed by atoms with Gasteiger partial charge in [0, 0.05) is 22.4 Å². The van der Waals surface area contributed by atoms with Crippen LogP contribution in [-0.4, -0.2) is 8.07 Å². The molecule has 0 bridgehead atoms. The summed E-state index contributed by atoms with van der Waals surface area (Å²) in [5.74, 6) is 0. The minimum absolute atomic E-state index is 0.766. The van der Waals surface area contributed by atoms with Gasteiger partial charge in [0.25, 0.3) is 0 Å². The van der Waals surface area contributed by atoms with Gasteiger partial charge < -0.3 is 4.90 Å². The molecule has 0 aromatic heterocycles. The van der Waals surface area contributed by atoms with Crippen molar-refractivity contribution in [3.05, 3.63) is 168 Å². The van der Waals surface area contributed by atoms with Crippen LogP contribution < -0.4 is 25.6 Å². The average Bonchev–Trinajstić information content (AvgIpc) is 3.32. The Hall–Kier alpha value is -4.18. The van der Waals surface area contributed by atoms with Crippen LogP contribution in [0.25, 0.3) is 11.1 Å². The van der Waals surface area contributed by atoms with E-state index in [1.165, 1.54) is 48.8 Å². The third-order valence-corrected chi connectivity index (χ3v) is 13.7. The molecule has 0 N–H and O–H groups in total. The lowest BCUT2D eigenvalue weighted by molar-refractivity contribution is 0.970. The van der Waals surface area contributed by atoms with Gasteiger partial charge in [-0.05, 0) is 67.8 Å². The molecule has 6 aromatic rings. The number of fused-ring (bicyclic) bond motifs is 3. The van der Waals surface area contributed by atoms with Crippen molar-refractivity contribution in [1.29, 1.82) is 0 Å². The maximum atomic E-state index is 3.80. The van der Waals surface area contributed by atoms with Crippen molar-refractivity contribution in [1.82, 2.24) is 0 Å². The molecule has 0 saturated carbocycles. The zero-order valence-electron chi connectivity index (χ0n) is 22.0. The largest absolute Gasteiger partial charge is 0.337 e. The zero-order valence-corrected chi connectivity index (χ0v) is 24.6. The molecule has 6 aromatic carbocycles. The first-order valence-corrected chi connectivity index (χ1v) is 16.5. The summed E-state index contributed by atoms with van der Waals surface area (Å²) in [4.78, 5) is 2.44. The second-order valence-corrected chi connectivity index (χ2v) is 14.9. The molecule has 0 saturated heterocycles. The Morgan fingerprint density at radius 3 is 1.70 bits per heavy atom. The van der Waals surface area contributed by atoms with E-state index in [9.17, 15) is 0 Å². The highest BCUT2D eigenvalue weighted by molar-refractivity contribution is 9.10. The van der Waals surface area contributed by atoms with Gasteiger partial charge in [0.05, 0.1) is 0 Å². The quantitative estimate of drug-likeness (QED) is 0.185. The van der Waals surface area contributed by atoms with E-state index in [0.29, 0.717) is 0 Å². The van der Waals surface area contributed by atoms with Gasteiger partial charge in [0.15, 0.2) is 8.07 Å². The van der Waals surface area contributed by atoms with Gasteiger partial charge in [-0.15, -0.1) is 0 Å². The molecule has 0 atom stereocenters. The topological polar surface area (TPSA) is 3.24 Å². The Kier molecular flexibility index (Phi) is 6.47. The molecule has 1 heterocycles. The van der Waals surface area contributed by atoms with Crippen LogP contribution in [-0.2, 0) is 6.54 Å². The molecule has 1 aliphatic heterocycles. The van der Waals surface area contributed by atoms with Crippen molar-refractivity contribution in [2.45, 2.75) is 6.54 Å². The number of hydrogen-bond acceptors (Lipinski definition) is 1. The Bertz CT molecular complexity index is 1740. The van der Waals surface area contributed by atoms with Crippen LogP contribution in [0.2, 0.25) is 0 Å². The summed E-state index contributed by atoms with van der Waals surface area (Å²) >= 11 is 3.80. The normalized spacial score (nSPS) is 12.9. The molecule has 1 aliphatic rings. The van der Waals surface area contributed by atoms with Crippen molar-refractivity contribution in [3.63, 3.8) is 0 Å². The summed E-state index contributed by atoms with van der Waals surface area (Å²) < 4.78 is 1.13. The fourth-order valence-corrected chi connectivity index (χ4v) is 12.0. The molecule has 7 rings (SSSR count). The van der Waals surface area contributed by atoms with Crippen molar-refractivity contribution < 1.29 is 0 Å². The zero-order chi connectivity index (χ0) is 26.9. The molecular weight excluding hydrogens is 566 g/mol. The minimum Gasteiger partial charge on any atom is -0.337 e. The Labute approximate surface area is 245 Å². The number of anilines is 2. The second kappa shape index (κ2) is 10.4. The lowest BCUT2D eigenvalue weighted by Gasteiger charge is -2.32. The number of halogens is 1. The summed E-state index contributed by atoms with van der Waals surface area (Å²) in [5.41, 5.74) is 6.36. The van der Waals surface area contributed by atoms with E-state index in [1.807, 2.05) is 0 Å². The molecule has 0 unspecified atom stereocenters. The monoisotopic (exact) mass is 593 g/mol. The van der Waals surface area contributed by atoms with E-state index in [1.54, 1.807) is 0 Å². The highest BCUT2D eigenvalue weighted by Crippen LogP contribution is 2.34. The third kappa shape index (κ3) is 4.05. The molecule has 0 spiro atoms. The molecular formula is C37H28BrNSi. The van der Waals surface area contributed by atoms with Crippen LogP contribution in [0, 0.1) is 0 Å². The van der Waals surface area contributed by atoms with Gasteiger partial charge in [0.1, 0.15) is 0 Å². The SMILES string of the molecule is Brc1ccccc1CN(c1ccccc1)c1ccc2c(c1)[Si](c1ccccc1)(c1ccccc1)c1ccccc1-2. The first-order chi connectivity index (χ1) is 19.8. The van der Waals surface area contributed by atoms with Gasteiger partial charge in [-0.1, -0.05) is 143 Å². The summed E-state index contributed by atoms with van der Waals surface area (Å²) in [6, 6.07) is 57.9. The number of para-hydroxylation sites is 1. The first kappa shape index (κ1) is 24.8. The maximum absolute atomic E-state index is 3.80. The fraction of sp³-hybridized carbons (Fsp3) is 0.0270. The lowest BCUT2D eigenvalue weighted by Crippen LogP contribution is -2.72. The Morgan fingerprint density at radius 1 is 0.475 bits per heavy atom. The second-order valence-electron chi connectivity index (χ2n) is 10.3. The summed E-state index contributed by atoms with van der Waals surface area (Å²) in [5, 5.41) is 5.76. The van der Waals surface area contributed by atoms with Gasteiger partial charge in [0.2, 0.25) is 0 Å². The highest BCUT2D eigenvalue weighted by Gasteiger charge is 2.48. The van der Waals surface area contributed by atoms with E-state index in [4.69, 9.17) is 0 Å². The van der Waals surface area contributed by atoms with E-state index < -0.39 is 8.07 Å². The van der Waals surface area contributed by atoms with Crippen LogP contribution in [0.3, 0.4) is 0 Å². The van der Waals surface area contributed by atoms with Gasteiger partial charge in [-0.3, -0.25) is 0 Å². The fourth-order valence-electron chi connectivity index (χ4n) is 6.34. The average molecular weight is 595 g/mol. The molecule has 40 heavy (non-hydrogen) atoms. The van der Waals surface area contributed by atoms with Crippen LogP contribution in [0.4, 0.5) is 11.4 Å².